The van der Waals surface area contributed by atoms with Gasteiger partial charge in [0.25, 0.3) is 5.91 Å². The van der Waals surface area contributed by atoms with E-state index < -0.39 is 34.8 Å². The lowest BCUT2D eigenvalue weighted by atomic mass is 9.84. The number of nitrogens with zero attached hydrogens (tertiary/aromatic N) is 1. The number of carbonyl (C=O) groups is 1. The molecule has 0 saturated heterocycles. The molecule has 2 heterocycles. The van der Waals surface area contributed by atoms with Gasteiger partial charge in [-0.25, -0.2) is 17.6 Å². The Morgan fingerprint density at radius 1 is 1.26 bits per heavy atom. The standard InChI is InChI=1S/C15H15F2N3O2.C6H3ClF2/c16-15(17)4-1-2-8(7-15)10-6-11(21)12-9(20-10)3-5-19-13(12)14(18)22;7-4-2-1-3-5(8)6(4)9/h3,5-6,8H,1-2,4,7H2,(H2,18,22)(H,20,21);1-3H/t8-;/m0./s1. The fraction of sp³-hybridized carbons (Fsp3) is 0.286. The zero-order valence-corrected chi connectivity index (χ0v) is 16.9. The van der Waals surface area contributed by atoms with Crippen LogP contribution < -0.4 is 11.2 Å². The van der Waals surface area contributed by atoms with Gasteiger partial charge in [-0.2, -0.15) is 0 Å². The van der Waals surface area contributed by atoms with Gasteiger partial charge in [0, 0.05) is 36.7 Å². The van der Waals surface area contributed by atoms with Crippen LogP contribution in [0.5, 0.6) is 0 Å². The number of carbonyl (C=O) groups excluding carboxylic acids is 1. The molecule has 0 spiro atoms. The fourth-order valence-corrected chi connectivity index (χ4v) is 3.70. The van der Waals surface area contributed by atoms with Gasteiger partial charge in [0.15, 0.2) is 17.1 Å². The predicted molar refractivity (Wildman–Crippen MR) is 108 cm³/mol. The zero-order valence-electron chi connectivity index (χ0n) is 16.1. The van der Waals surface area contributed by atoms with Crippen molar-refractivity contribution in [1.82, 2.24) is 9.97 Å². The summed E-state index contributed by atoms with van der Waals surface area (Å²) in [5.74, 6) is -5.80. The normalized spacial score (nSPS) is 17.6. The molecule has 0 unspecified atom stereocenters. The second kappa shape index (κ2) is 9.05. The summed E-state index contributed by atoms with van der Waals surface area (Å²) in [4.78, 5) is 30.4. The number of nitrogens with two attached hydrogens (primary N) is 1. The minimum Gasteiger partial charge on any atom is -0.364 e. The van der Waals surface area contributed by atoms with Crippen LogP contribution in [-0.4, -0.2) is 21.8 Å². The average Bonchev–Trinajstić information content (AvgIpc) is 2.71. The van der Waals surface area contributed by atoms with E-state index in [1.165, 1.54) is 30.5 Å². The summed E-state index contributed by atoms with van der Waals surface area (Å²) in [5, 5.41) is -0.0867. The molecule has 1 amide bonds. The van der Waals surface area contributed by atoms with Crippen molar-refractivity contribution in [3.05, 3.63) is 74.8 Å². The SMILES string of the molecule is Fc1cccc(Cl)c1F.NC(=O)c1nccc2[nH]c([C@H]3CCCC(F)(F)C3)cc(=O)c12. The van der Waals surface area contributed by atoms with Crippen molar-refractivity contribution in [1.29, 1.82) is 0 Å². The van der Waals surface area contributed by atoms with E-state index in [0.29, 0.717) is 24.1 Å². The molecular weight excluding hydrogens is 438 g/mol. The Kier molecular flexibility index (Phi) is 6.64. The molecule has 164 valence electrons. The number of H-pyrrole nitrogens is 1. The largest absolute Gasteiger partial charge is 0.364 e. The van der Waals surface area contributed by atoms with E-state index in [-0.39, 0.29) is 28.9 Å². The predicted octanol–water partition coefficient (Wildman–Crippen LogP) is 4.93. The first kappa shape index (κ1) is 22.7. The number of alkyl halides is 2. The molecular formula is C21H18ClF4N3O2. The lowest BCUT2D eigenvalue weighted by Crippen LogP contribution is -2.26. The molecule has 10 heteroatoms. The number of aromatic amines is 1. The van der Waals surface area contributed by atoms with Gasteiger partial charge in [-0.3, -0.25) is 14.6 Å². The van der Waals surface area contributed by atoms with Gasteiger partial charge >= 0.3 is 0 Å². The van der Waals surface area contributed by atoms with Crippen LogP contribution in [0.4, 0.5) is 17.6 Å². The smallest absolute Gasteiger partial charge is 0.268 e. The van der Waals surface area contributed by atoms with Crippen molar-refractivity contribution in [3.8, 4) is 0 Å². The van der Waals surface area contributed by atoms with Crippen molar-refractivity contribution < 1.29 is 22.4 Å². The molecule has 3 N–H and O–H groups in total. The average molecular weight is 456 g/mol. The van der Waals surface area contributed by atoms with Crippen LogP contribution >= 0.6 is 11.6 Å². The van der Waals surface area contributed by atoms with Gasteiger partial charge in [-0.15, -0.1) is 0 Å². The van der Waals surface area contributed by atoms with Crippen LogP contribution in [0.2, 0.25) is 5.02 Å². The van der Waals surface area contributed by atoms with Gasteiger partial charge < -0.3 is 10.7 Å². The Labute approximate surface area is 179 Å². The number of hydrogen-bond acceptors (Lipinski definition) is 3. The number of nitrogens with one attached hydrogen (secondary N) is 1. The first-order valence-electron chi connectivity index (χ1n) is 9.38. The maximum Gasteiger partial charge on any atom is 0.268 e. The minimum absolute atomic E-state index is 0.0984. The van der Waals surface area contributed by atoms with Gasteiger partial charge in [0.1, 0.15) is 5.69 Å². The second-order valence-electron chi connectivity index (χ2n) is 7.22. The highest BCUT2D eigenvalue weighted by Crippen LogP contribution is 2.41. The van der Waals surface area contributed by atoms with Crippen LogP contribution in [0, 0.1) is 11.6 Å². The molecule has 1 aromatic carbocycles. The molecule has 1 atom stereocenters. The number of fused-ring (bicyclic) bond motifs is 1. The minimum atomic E-state index is -2.70. The van der Waals surface area contributed by atoms with Crippen molar-refractivity contribution in [2.24, 2.45) is 5.73 Å². The third kappa shape index (κ3) is 5.22. The Morgan fingerprint density at radius 2 is 2.00 bits per heavy atom. The summed E-state index contributed by atoms with van der Waals surface area (Å²) in [6, 6.07) is 6.47. The molecule has 1 aliphatic rings. The van der Waals surface area contributed by atoms with Crippen molar-refractivity contribution in [2.75, 3.05) is 0 Å². The molecule has 1 aliphatic carbocycles. The zero-order chi connectivity index (χ0) is 22.8. The summed E-state index contributed by atoms with van der Waals surface area (Å²) < 4.78 is 51.5. The van der Waals surface area contributed by atoms with E-state index in [1.54, 1.807) is 0 Å². The molecule has 0 bridgehead atoms. The summed E-state index contributed by atoms with van der Waals surface area (Å²) in [7, 11) is 0. The highest BCUT2D eigenvalue weighted by Gasteiger charge is 2.37. The maximum absolute atomic E-state index is 13.6. The van der Waals surface area contributed by atoms with Crippen LogP contribution in [0.25, 0.3) is 10.9 Å². The van der Waals surface area contributed by atoms with Gasteiger partial charge in [0.05, 0.1) is 15.9 Å². The van der Waals surface area contributed by atoms with Gasteiger partial charge in [0.2, 0.25) is 5.92 Å². The molecule has 31 heavy (non-hydrogen) atoms. The highest BCUT2D eigenvalue weighted by molar-refractivity contribution is 6.30. The number of rotatable bonds is 2. The fourth-order valence-electron chi connectivity index (χ4n) is 3.54. The Bertz CT molecular complexity index is 1160. The molecule has 1 fully saturated rings. The first-order chi connectivity index (χ1) is 14.6. The summed E-state index contributed by atoms with van der Waals surface area (Å²) in [6.45, 7) is 0. The van der Waals surface area contributed by atoms with Gasteiger partial charge in [-0.05, 0) is 31.0 Å². The molecule has 5 nitrogen and oxygen atoms in total. The van der Waals surface area contributed by atoms with Crippen molar-refractivity contribution >= 4 is 28.4 Å². The van der Waals surface area contributed by atoms with Crippen LogP contribution in [0.15, 0.2) is 41.3 Å². The van der Waals surface area contributed by atoms with E-state index >= 15 is 0 Å². The number of halogens is 5. The van der Waals surface area contributed by atoms with Gasteiger partial charge in [-0.1, -0.05) is 17.7 Å². The second-order valence-corrected chi connectivity index (χ2v) is 7.63. The highest BCUT2D eigenvalue weighted by atomic mass is 35.5. The first-order valence-corrected chi connectivity index (χ1v) is 9.76. The lowest BCUT2D eigenvalue weighted by Gasteiger charge is -2.29. The molecule has 2 aromatic heterocycles. The Hall–Kier alpha value is -2.94. The number of primary amides is 1. The third-order valence-corrected chi connectivity index (χ3v) is 5.27. The number of aromatic nitrogens is 2. The Balaban J connectivity index is 0.000000254. The number of hydrogen-bond donors (Lipinski definition) is 2. The van der Waals surface area contributed by atoms with Crippen LogP contribution in [0.3, 0.4) is 0 Å². The lowest BCUT2D eigenvalue weighted by molar-refractivity contribution is -0.0412. The number of pyridine rings is 2. The van der Waals surface area contributed by atoms with Crippen LogP contribution in [-0.2, 0) is 0 Å². The van der Waals surface area contributed by atoms with E-state index in [9.17, 15) is 27.2 Å². The molecule has 4 rings (SSSR count). The number of amides is 1. The number of benzene rings is 1. The maximum atomic E-state index is 13.6. The van der Waals surface area contributed by atoms with Crippen LogP contribution in [0.1, 0.15) is 47.8 Å². The summed E-state index contributed by atoms with van der Waals surface area (Å²) in [6.07, 6.45) is 1.99. The van der Waals surface area contributed by atoms with E-state index in [1.807, 2.05) is 0 Å². The Morgan fingerprint density at radius 3 is 2.61 bits per heavy atom. The van der Waals surface area contributed by atoms with E-state index in [4.69, 9.17) is 17.3 Å². The quantitative estimate of drug-likeness (QED) is 0.424. The molecule has 0 aliphatic heterocycles. The molecule has 0 radical (unpaired) electrons. The molecule has 1 saturated carbocycles. The van der Waals surface area contributed by atoms with E-state index in [0.717, 1.165) is 6.07 Å². The monoisotopic (exact) mass is 455 g/mol. The topological polar surface area (TPSA) is 88.8 Å². The van der Waals surface area contributed by atoms with Crippen molar-refractivity contribution in [3.63, 3.8) is 0 Å². The third-order valence-electron chi connectivity index (χ3n) is 4.98. The van der Waals surface area contributed by atoms with Crippen molar-refractivity contribution in [2.45, 2.75) is 37.5 Å². The van der Waals surface area contributed by atoms with E-state index in [2.05, 4.69) is 9.97 Å². The molecule has 3 aromatic rings. The summed E-state index contributed by atoms with van der Waals surface area (Å²) >= 11 is 5.20. The summed E-state index contributed by atoms with van der Waals surface area (Å²) in [5.41, 5.74) is 5.53.